The van der Waals surface area contributed by atoms with Gasteiger partial charge >= 0.3 is 5.97 Å². The number of carbonyl (C=O) groups excluding carboxylic acids is 1. The largest absolute Gasteiger partial charge is 0.468 e. The minimum Gasteiger partial charge on any atom is -0.468 e. The van der Waals surface area contributed by atoms with Crippen LogP contribution in [0.3, 0.4) is 0 Å². The number of carbonyl (C=O) groups is 1. The van der Waals surface area contributed by atoms with E-state index in [0.717, 1.165) is 11.1 Å². The summed E-state index contributed by atoms with van der Waals surface area (Å²) in [5, 5.41) is 0.622. The highest BCUT2D eigenvalue weighted by atomic mass is 16.5. The standard InChI is InChI=1S/C13H13NO3/c1-9-4-3-5-10-11(15)6-7-14(13(9)10)8-12(16)17-2/h3-7H,8H2,1-2H3. The Bertz CT molecular complexity index is 628. The van der Waals surface area contributed by atoms with Gasteiger partial charge < -0.3 is 9.30 Å². The van der Waals surface area contributed by atoms with Crippen molar-refractivity contribution >= 4 is 16.9 Å². The summed E-state index contributed by atoms with van der Waals surface area (Å²) < 4.78 is 6.37. The molecule has 0 aliphatic carbocycles. The Morgan fingerprint density at radius 2 is 2.12 bits per heavy atom. The number of hydrogen-bond acceptors (Lipinski definition) is 3. The molecular formula is C13H13NO3. The Kier molecular flexibility index (Phi) is 2.95. The van der Waals surface area contributed by atoms with Crippen molar-refractivity contribution < 1.29 is 9.53 Å². The van der Waals surface area contributed by atoms with Crippen LogP contribution in [0.1, 0.15) is 5.56 Å². The predicted octanol–water partition coefficient (Wildman–Crippen LogP) is 1.48. The molecule has 88 valence electrons. The zero-order valence-corrected chi connectivity index (χ0v) is 9.77. The van der Waals surface area contributed by atoms with Crippen LogP contribution < -0.4 is 5.43 Å². The van der Waals surface area contributed by atoms with Gasteiger partial charge in [-0.05, 0) is 18.6 Å². The number of aromatic nitrogens is 1. The average Bonchev–Trinajstić information content (AvgIpc) is 2.33. The highest BCUT2D eigenvalue weighted by Crippen LogP contribution is 2.14. The van der Waals surface area contributed by atoms with Gasteiger partial charge in [0.15, 0.2) is 5.43 Å². The van der Waals surface area contributed by atoms with Crippen molar-refractivity contribution in [2.75, 3.05) is 7.11 Å². The second-order valence-corrected chi connectivity index (χ2v) is 3.86. The predicted molar refractivity (Wildman–Crippen MR) is 65.0 cm³/mol. The molecule has 0 fully saturated rings. The minimum absolute atomic E-state index is 0.0372. The number of nitrogens with zero attached hydrogens (tertiary/aromatic N) is 1. The molecule has 1 heterocycles. The third-order valence-electron chi connectivity index (χ3n) is 2.72. The number of para-hydroxylation sites is 1. The van der Waals surface area contributed by atoms with E-state index in [1.54, 1.807) is 16.8 Å². The fraction of sp³-hybridized carbons (Fsp3) is 0.231. The monoisotopic (exact) mass is 231 g/mol. The number of rotatable bonds is 2. The molecular weight excluding hydrogens is 218 g/mol. The summed E-state index contributed by atoms with van der Waals surface area (Å²) in [4.78, 5) is 23.0. The summed E-state index contributed by atoms with van der Waals surface area (Å²) in [5.41, 5.74) is 1.71. The van der Waals surface area contributed by atoms with Gasteiger partial charge in [0.25, 0.3) is 0 Å². The first-order valence-electron chi connectivity index (χ1n) is 5.29. The van der Waals surface area contributed by atoms with Crippen molar-refractivity contribution in [2.45, 2.75) is 13.5 Å². The zero-order chi connectivity index (χ0) is 12.4. The number of benzene rings is 1. The third kappa shape index (κ3) is 2.06. The molecule has 2 rings (SSSR count). The quantitative estimate of drug-likeness (QED) is 0.735. The second kappa shape index (κ2) is 4.41. The van der Waals surface area contributed by atoms with Crippen LogP contribution in [0.2, 0.25) is 0 Å². The number of fused-ring (bicyclic) bond motifs is 1. The van der Waals surface area contributed by atoms with Gasteiger partial charge in [0, 0.05) is 17.6 Å². The molecule has 0 bridgehead atoms. The van der Waals surface area contributed by atoms with Gasteiger partial charge in [0.05, 0.1) is 12.6 Å². The van der Waals surface area contributed by atoms with Gasteiger partial charge in [-0.1, -0.05) is 12.1 Å². The van der Waals surface area contributed by atoms with E-state index in [-0.39, 0.29) is 17.9 Å². The van der Waals surface area contributed by atoms with Crippen molar-refractivity contribution in [2.24, 2.45) is 0 Å². The van der Waals surface area contributed by atoms with Crippen LogP contribution in [0.4, 0.5) is 0 Å². The molecule has 0 saturated carbocycles. The first kappa shape index (κ1) is 11.4. The maximum atomic E-state index is 11.7. The molecule has 1 aromatic carbocycles. The van der Waals surface area contributed by atoms with Gasteiger partial charge in [-0.25, -0.2) is 0 Å². The van der Waals surface area contributed by atoms with Gasteiger partial charge in [0.2, 0.25) is 0 Å². The van der Waals surface area contributed by atoms with Crippen molar-refractivity contribution in [1.29, 1.82) is 0 Å². The lowest BCUT2D eigenvalue weighted by Gasteiger charge is -2.11. The van der Waals surface area contributed by atoms with Crippen LogP contribution in [0.25, 0.3) is 10.9 Å². The summed E-state index contributed by atoms with van der Waals surface area (Å²) in [7, 11) is 1.35. The van der Waals surface area contributed by atoms with Crippen LogP contribution in [-0.2, 0) is 16.1 Å². The first-order chi connectivity index (χ1) is 8.13. The van der Waals surface area contributed by atoms with E-state index in [2.05, 4.69) is 4.74 Å². The lowest BCUT2D eigenvalue weighted by atomic mass is 10.1. The molecule has 0 atom stereocenters. The smallest absolute Gasteiger partial charge is 0.325 e. The maximum absolute atomic E-state index is 11.7. The summed E-state index contributed by atoms with van der Waals surface area (Å²) >= 11 is 0. The molecule has 0 spiro atoms. The fourth-order valence-electron chi connectivity index (χ4n) is 1.90. The molecule has 0 aliphatic rings. The molecule has 4 nitrogen and oxygen atoms in total. The summed E-state index contributed by atoms with van der Waals surface area (Å²) in [6, 6.07) is 6.97. The lowest BCUT2D eigenvalue weighted by Crippen LogP contribution is -2.15. The number of methoxy groups -OCH3 is 1. The Labute approximate surface area is 98.4 Å². The number of ether oxygens (including phenoxy) is 1. The maximum Gasteiger partial charge on any atom is 0.325 e. The number of esters is 1. The number of pyridine rings is 1. The number of aryl methyl sites for hydroxylation is 1. The number of hydrogen-bond donors (Lipinski definition) is 0. The molecule has 2 aromatic rings. The normalized spacial score (nSPS) is 10.5. The van der Waals surface area contributed by atoms with E-state index < -0.39 is 0 Å². The van der Waals surface area contributed by atoms with E-state index in [4.69, 9.17) is 0 Å². The van der Waals surface area contributed by atoms with Crippen molar-refractivity contribution in [3.63, 3.8) is 0 Å². The SMILES string of the molecule is COC(=O)Cn1ccc(=O)c2cccc(C)c21. The molecule has 1 aromatic heterocycles. The van der Waals surface area contributed by atoms with Crippen molar-refractivity contribution in [3.8, 4) is 0 Å². The average molecular weight is 231 g/mol. The first-order valence-corrected chi connectivity index (χ1v) is 5.29. The lowest BCUT2D eigenvalue weighted by molar-refractivity contribution is -0.141. The Morgan fingerprint density at radius 3 is 2.82 bits per heavy atom. The second-order valence-electron chi connectivity index (χ2n) is 3.86. The van der Waals surface area contributed by atoms with E-state index in [1.165, 1.54) is 13.2 Å². The van der Waals surface area contributed by atoms with E-state index >= 15 is 0 Å². The molecule has 0 N–H and O–H groups in total. The molecule has 4 heteroatoms. The van der Waals surface area contributed by atoms with Crippen molar-refractivity contribution in [1.82, 2.24) is 4.57 Å². The Balaban J connectivity index is 2.68. The molecule has 0 radical (unpaired) electrons. The minimum atomic E-state index is -0.335. The summed E-state index contributed by atoms with van der Waals surface area (Å²) in [6.45, 7) is 2.02. The Hall–Kier alpha value is -2.10. The van der Waals surface area contributed by atoms with Crippen LogP contribution in [-0.4, -0.2) is 17.6 Å². The molecule has 17 heavy (non-hydrogen) atoms. The highest BCUT2D eigenvalue weighted by Gasteiger charge is 2.08. The van der Waals surface area contributed by atoms with Crippen molar-refractivity contribution in [3.05, 3.63) is 46.2 Å². The fourth-order valence-corrected chi connectivity index (χ4v) is 1.90. The zero-order valence-electron chi connectivity index (χ0n) is 9.77. The summed E-state index contributed by atoms with van der Waals surface area (Å²) in [5.74, 6) is -0.335. The van der Waals surface area contributed by atoms with E-state index in [9.17, 15) is 9.59 Å². The van der Waals surface area contributed by atoms with Gasteiger partial charge in [0.1, 0.15) is 6.54 Å². The molecule has 0 saturated heterocycles. The van der Waals surface area contributed by atoms with E-state index in [0.29, 0.717) is 5.39 Å². The van der Waals surface area contributed by atoms with Crippen LogP contribution in [0.5, 0.6) is 0 Å². The van der Waals surface area contributed by atoms with E-state index in [1.807, 2.05) is 19.1 Å². The van der Waals surface area contributed by atoms with Crippen LogP contribution in [0, 0.1) is 6.92 Å². The van der Waals surface area contributed by atoms with Crippen LogP contribution >= 0.6 is 0 Å². The van der Waals surface area contributed by atoms with Gasteiger partial charge in [-0.3, -0.25) is 9.59 Å². The highest BCUT2D eigenvalue weighted by molar-refractivity contribution is 5.83. The Morgan fingerprint density at radius 1 is 1.35 bits per heavy atom. The summed E-state index contributed by atoms with van der Waals surface area (Å²) in [6.07, 6.45) is 1.62. The topological polar surface area (TPSA) is 48.3 Å². The van der Waals surface area contributed by atoms with Gasteiger partial charge in [-0.15, -0.1) is 0 Å². The molecule has 0 unspecified atom stereocenters. The molecule has 0 amide bonds. The van der Waals surface area contributed by atoms with Gasteiger partial charge in [-0.2, -0.15) is 0 Å². The molecule has 0 aliphatic heterocycles. The van der Waals surface area contributed by atoms with Crippen LogP contribution in [0.15, 0.2) is 35.3 Å². The third-order valence-corrected chi connectivity index (χ3v) is 2.72.